The van der Waals surface area contributed by atoms with Crippen LogP contribution in [0.4, 0.5) is 18.9 Å². The predicted octanol–water partition coefficient (Wildman–Crippen LogP) is 5.47. The molecule has 0 aliphatic heterocycles. The van der Waals surface area contributed by atoms with Crippen LogP contribution in [-0.2, 0) is 6.18 Å². The minimum atomic E-state index is -4.52. The van der Waals surface area contributed by atoms with Gasteiger partial charge in [-0.3, -0.25) is 4.79 Å². The molecule has 0 fully saturated rings. The van der Waals surface area contributed by atoms with Crippen molar-refractivity contribution in [3.05, 3.63) is 52.5 Å². The van der Waals surface area contributed by atoms with Gasteiger partial charge < -0.3 is 9.73 Å². The first-order valence-electron chi connectivity index (χ1n) is 6.90. The molecule has 130 valence electrons. The van der Waals surface area contributed by atoms with Crippen LogP contribution in [0.3, 0.4) is 0 Å². The summed E-state index contributed by atoms with van der Waals surface area (Å²) < 4.78 is 43.4. The SMILES string of the molecule is CSc1nc2ccc(NC(=O)c3ccc(C(F)(F)F)cc3Cl)cc2o1. The number of carbonyl (C=O) groups is 1. The maximum absolute atomic E-state index is 12.6. The topological polar surface area (TPSA) is 55.1 Å². The van der Waals surface area contributed by atoms with Crippen LogP contribution in [-0.4, -0.2) is 17.1 Å². The van der Waals surface area contributed by atoms with Crippen molar-refractivity contribution in [2.24, 2.45) is 0 Å². The normalized spacial score (nSPS) is 11.7. The quantitative estimate of drug-likeness (QED) is 0.606. The molecule has 2 aromatic carbocycles. The van der Waals surface area contributed by atoms with E-state index in [1.807, 2.05) is 6.26 Å². The number of thioether (sulfide) groups is 1. The highest BCUT2D eigenvalue weighted by molar-refractivity contribution is 7.98. The summed E-state index contributed by atoms with van der Waals surface area (Å²) in [5, 5.41) is 2.79. The highest BCUT2D eigenvalue weighted by atomic mass is 35.5. The second-order valence-corrected chi connectivity index (χ2v) is 6.18. The smallest absolute Gasteiger partial charge is 0.416 e. The second-order valence-electron chi connectivity index (χ2n) is 5.01. The molecular formula is C16H10ClF3N2O2S. The van der Waals surface area contributed by atoms with Crippen molar-refractivity contribution in [1.82, 2.24) is 4.98 Å². The third kappa shape index (κ3) is 3.74. The lowest BCUT2D eigenvalue weighted by atomic mass is 10.1. The molecule has 0 saturated carbocycles. The minimum Gasteiger partial charge on any atom is -0.431 e. The van der Waals surface area contributed by atoms with Gasteiger partial charge in [0.2, 0.25) is 0 Å². The Morgan fingerprint density at radius 3 is 2.64 bits per heavy atom. The van der Waals surface area contributed by atoms with Gasteiger partial charge in [-0.25, -0.2) is 4.98 Å². The monoisotopic (exact) mass is 386 g/mol. The molecule has 1 heterocycles. The Balaban J connectivity index is 1.84. The van der Waals surface area contributed by atoms with Crippen molar-refractivity contribution < 1.29 is 22.4 Å². The summed E-state index contributed by atoms with van der Waals surface area (Å²) in [6.45, 7) is 0. The molecule has 3 rings (SSSR count). The zero-order valence-corrected chi connectivity index (χ0v) is 14.2. The van der Waals surface area contributed by atoms with Crippen LogP contribution in [0.2, 0.25) is 5.02 Å². The van der Waals surface area contributed by atoms with Gasteiger partial charge in [0.1, 0.15) is 5.52 Å². The van der Waals surface area contributed by atoms with E-state index in [0.717, 1.165) is 18.2 Å². The third-order valence-corrected chi connectivity index (χ3v) is 4.18. The van der Waals surface area contributed by atoms with Gasteiger partial charge in [0.25, 0.3) is 11.1 Å². The summed E-state index contributed by atoms with van der Waals surface area (Å²) in [7, 11) is 0. The summed E-state index contributed by atoms with van der Waals surface area (Å²) in [6, 6.07) is 7.44. The van der Waals surface area contributed by atoms with E-state index >= 15 is 0 Å². The maximum Gasteiger partial charge on any atom is 0.416 e. The van der Waals surface area contributed by atoms with Crippen molar-refractivity contribution in [3.63, 3.8) is 0 Å². The number of benzene rings is 2. The fraction of sp³-hybridized carbons (Fsp3) is 0.125. The Hall–Kier alpha value is -2.19. The van der Waals surface area contributed by atoms with Crippen LogP contribution in [0.25, 0.3) is 11.1 Å². The van der Waals surface area contributed by atoms with Crippen LogP contribution in [0.5, 0.6) is 0 Å². The standard InChI is InChI=1S/C16H10ClF3N2O2S/c1-25-15-22-12-5-3-9(7-13(12)24-15)21-14(23)10-4-2-8(6-11(10)17)16(18,19)20/h2-7H,1H3,(H,21,23). The molecule has 0 atom stereocenters. The maximum atomic E-state index is 12.6. The molecule has 1 amide bonds. The molecule has 0 bridgehead atoms. The zero-order chi connectivity index (χ0) is 18.2. The number of halogens is 4. The molecule has 0 aliphatic rings. The first kappa shape index (κ1) is 17.6. The van der Waals surface area contributed by atoms with E-state index in [0.29, 0.717) is 22.0 Å². The van der Waals surface area contributed by atoms with Crippen molar-refractivity contribution in [3.8, 4) is 0 Å². The van der Waals surface area contributed by atoms with Gasteiger partial charge in [0.15, 0.2) is 5.58 Å². The van der Waals surface area contributed by atoms with Crippen LogP contribution in [0.1, 0.15) is 15.9 Å². The number of nitrogens with zero attached hydrogens (tertiary/aromatic N) is 1. The molecule has 0 radical (unpaired) electrons. The van der Waals surface area contributed by atoms with E-state index in [1.54, 1.807) is 18.2 Å². The Morgan fingerprint density at radius 2 is 2.00 bits per heavy atom. The molecule has 0 saturated heterocycles. The number of nitrogens with one attached hydrogen (secondary N) is 1. The molecule has 4 nitrogen and oxygen atoms in total. The van der Waals surface area contributed by atoms with Crippen LogP contribution in [0.15, 0.2) is 46.0 Å². The second kappa shape index (κ2) is 6.61. The lowest BCUT2D eigenvalue weighted by Crippen LogP contribution is -2.13. The van der Waals surface area contributed by atoms with Gasteiger partial charge in [-0.2, -0.15) is 13.2 Å². The average Bonchev–Trinajstić information content (AvgIpc) is 2.96. The zero-order valence-electron chi connectivity index (χ0n) is 12.6. The minimum absolute atomic E-state index is 0.0582. The van der Waals surface area contributed by atoms with Crippen molar-refractivity contribution in [1.29, 1.82) is 0 Å². The summed E-state index contributed by atoms with van der Waals surface area (Å²) in [5.41, 5.74) is 0.562. The first-order chi connectivity index (χ1) is 11.8. The van der Waals surface area contributed by atoms with Gasteiger partial charge in [-0.15, -0.1) is 0 Å². The summed E-state index contributed by atoms with van der Waals surface area (Å²) >= 11 is 7.16. The van der Waals surface area contributed by atoms with Crippen LogP contribution < -0.4 is 5.32 Å². The number of carbonyl (C=O) groups excluding carboxylic acids is 1. The van der Waals surface area contributed by atoms with E-state index in [1.165, 1.54) is 11.8 Å². The molecule has 3 aromatic rings. The number of anilines is 1. The number of hydrogen-bond acceptors (Lipinski definition) is 4. The van der Waals surface area contributed by atoms with Gasteiger partial charge >= 0.3 is 6.18 Å². The van der Waals surface area contributed by atoms with Gasteiger partial charge in [-0.1, -0.05) is 23.4 Å². The largest absolute Gasteiger partial charge is 0.431 e. The Bertz CT molecular complexity index is 956. The van der Waals surface area contributed by atoms with Gasteiger partial charge in [0, 0.05) is 11.8 Å². The number of amides is 1. The molecule has 1 aromatic heterocycles. The lowest BCUT2D eigenvalue weighted by molar-refractivity contribution is -0.137. The summed E-state index contributed by atoms with van der Waals surface area (Å²) in [4.78, 5) is 16.5. The number of rotatable bonds is 3. The number of aromatic nitrogens is 1. The molecule has 9 heteroatoms. The fourth-order valence-electron chi connectivity index (χ4n) is 2.14. The average molecular weight is 387 g/mol. The fourth-order valence-corrected chi connectivity index (χ4v) is 2.77. The Morgan fingerprint density at radius 1 is 1.24 bits per heavy atom. The van der Waals surface area contributed by atoms with Gasteiger partial charge in [-0.05, 0) is 36.6 Å². The third-order valence-electron chi connectivity index (χ3n) is 3.34. The molecule has 1 N–H and O–H groups in total. The van der Waals surface area contributed by atoms with Crippen molar-refractivity contribution in [2.45, 2.75) is 11.4 Å². The molecule has 0 spiro atoms. The van der Waals surface area contributed by atoms with E-state index in [4.69, 9.17) is 16.0 Å². The summed E-state index contributed by atoms with van der Waals surface area (Å²) in [6.07, 6.45) is -2.70. The summed E-state index contributed by atoms with van der Waals surface area (Å²) in [5.74, 6) is -0.623. The highest BCUT2D eigenvalue weighted by Crippen LogP contribution is 2.32. The van der Waals surface area contributed by atoms with E-state index < -0.39 is 17.6 Å². The van der Waals surface area contributed by atoms with Crippen LogP contribution >= 0.6 is 23.4 Å². The molecule has 0 unspecified atom stereocenters. The van der Waals surface area contributed by atoms with Crippen molar-refractivity contribution in [2.75, 3.05) is 11.6 Å². The first-order valence-corrected chi connectivity index (χ1v) is 8.51. The van der Waals surface area contributed by atoms with E-state index in [-0.39, 0.29) is 10.6 Å². The van der Waals surface area contributed by atoms with E-state index in [2.05, 4.69) is 10.3 Å². The number of fused-ring (bicyclic) bond motifs is 1. The molecule has 0 aliphatic carbocycles. The van der Waals surface area contributed by atoms with E-state index in [9.17, 15) is 18.0 Å². The Labute approximate surface area is 149 Å². The number of alkyl halides is 3. The predicted molar refractivity (Wildman–Crippen MR) is 90.2 cm³/mol. The molecule has 25 heavy (non-hydrogen) atoms. The lowest BCUT2D eigenvalue weighted by Gasteiger charge is -2.10. The highest BCUT2D eigenvalue weighted by Gasteiger charge is 2.31. The van der Waals surface area contributed by atoms with Crippen LogP contribution in [0, 0.1) is 0 Å². The van der Waals surface area contributed by atoms with Crippen molar-refractivity contribution >= 4 is 46.1 Å². The number of oxazole rings is 1. The van der Waals surface area contributed by atoms with Gasteiger partial charge in [0.05, 0.1) is 16.1 Å². The Kier molecular flexibility index (Phi) is 4.66. The number of hydrogen-bond donors (Lipinski definition) is 1. The molecular weight excluding hydrogens is 377 g/mol.